The zero-order valence-electron chi connectivity index (χ0n) is 19.4. The Morgan fingerprint density at radius 2 is 1.74 bits per heavy atom. The van der Waals surface area contributed by atoms with Crippen molar-refractivity contribution < 1.29 is 19.4 Å². The number of ether oxygens (including phenoxy) is 1. The van der Waals surface area contributed by atoms with Gasteiger partial charge in [-0.05, 0) is 66.8 Å². The van der Waals surface area contributed by atoms with Crippen molar-refractivity contribution in [2.45, 2.75) is 19.9 Å². The van der Waals surface area contributed by atoms with E-state index in [2.05, 4.69) is 4.98 Å². The number of pyridine rings is 1. The second-order valence-electron chi connectivity index (χ2n) is 8.36. The van der Waals surface area contributed by atoms with Crippen LogP contribution in [0.3, 0.4) is 0 Å². The van der Waals surface area contributed by atoms with Crippen molar-refractivity contribution in [3.05, 3.63) is 107 Å². The quantitative estimate of drug-likeness (QED) is 0.237. The SMILES string of the molecule is CCOc1ccc(/C(O)=C2\C(=O)C(=O)N(c3cccc4ccccc34)C2c2ccncc2)cc1C. The molecule has 5 rings (SSSR count). The van der Waals surface area contributed by atoms with Gasteiger partial charge in [-0.25, -0.2) is 0 Å². The number of aliphatic hydroxyl groups excluding tert-OH is 1. The number of ketones is 1. The van der Waals surface area contributed by atoms with Gasteiger partial charge < -0.3 is 9.84 Å². The Kier molecular flexibility index (Phi) is 5.79. The van der Waals surface area contributed by atoms with E-state index in [1.807, 2.05) is 56.3 Å². The molecule has 4 aromatic rings. The monoisotopic (exact) mass is 464 g/mol. The molecule has 1 aliphatic heterocycles. The van der Waals surface area contributed by atoms with Crippen LogP contribution < -0.4 is 9.64 Å². The summed E-state index contributed by atoms with van der Waals surface area (Å²) in [4.78, 5) is 32.5. The van der Waals surface area contributed by atoms with Crippen LogP contribution in [0.25, 0.3) is 16.5 Å². The largest absolute Gasteiger partial charge is 0.507 e. The Hall–Kier alpha value is -4.45. The van der Waals surface area contributed by atoms with E-state index in [9.17, 15) is 14.7 Å². The van der Waals surface area contributed by atoms with Crippen LogP contribution >= 0.6 is 0 Å². The lowest BCUT2D eigenvalue weighted by atomic mass is 9.95. The van der Waals surface area contributed by atoms with Gasteiger partial charge in [0.25, 0.3) is 11.7 Å². The molecule has 6 heteroatoms. The first-order valence-electron chi connectivity index (χ1n) is 11.4. The zero-order valence-corrected chi connectivity index (χ0v) is 19.4. The molecule has 1 N–H and O–H groups in total. The number of aromatic nitrogens is 1. The first-order valence-corrected chi connectivity index (χ1v) is 11.4. The number of aryl methyl sites for hydroxylation is 1. The number of anilines is 1. The number of carbonyl (C=O) groups is 2. The van der Waals surface area contributed by atoms with Crippen LogP contribution in [0, 0.1) is 6.92 Å². The van der Waals surface area contributed by atoms with Crippen LogP contribution in [-0.2, 0) is 9.59 Å². The number of nitrogens with zero attached hydrogens (tertiary/aromatic N) is 2. The Morgan fingerprint density at radius 1 is 1.00 bits per heavy atom. The lowest BCUT2D eigenvalue weighted by Crippen LogP contribution is -2.29. The van der Waals surface area contributed by atoms with Gasteiger partial charge in [-0.3, -0.25) is 19.5 Å². The van der Waals surface area contributed by atoms with Crippen molar-refractivity contribution in [2.75, 3.05) is 11.5 Å². The molecular weight excluding hydrogens is 440 g/mol. The lowest BCUT2D eigenvalue weighted by Gasteiger charge is -2.26. The summed E-state index contributed by atoms with van der Waals surface area (Å²) >= 11 is 0. The summed E-state index contributed by atoms with van der Waals surface area (Å²) in [5.41, 5.74) is 2.59. The van der Waals surface area contributed by atoms with E-state index in [1.54, 1.807) is 42.7 Å². The van der Waals surface area contributed by atoms with Crippen LogP contribution in [0.5, 0.6) is 5.75 Å². The third-order valence-corrected chi connectivity index (χ3v) is 6.24. The smallest absolute Gasteiger partial charge is 0.300 e. The van der Waals surface area contributed by atoms with Crippen molar-refractivity contribution in [1.82, 2.24) is 4.98 Å². The maximum atomic E-state index is 13.5. The summed E-state index contributed by atoms with van der Waals surface area (Å²) in [6.07, 6.45) is 3.22. The van der Waals surface area contributed by atoms with Crippen LogP contribution in [-0.4, -0.2) is 28.4 Å². The predicted molar refractivity (Wildman–Crippen MR) is 135 cm³/mol. The topological polar surface area (TPSA) is 79.7 Å². The van der Waals surface area contributed by atoms with E-state index >= 15 is 0 Å². The van der Waals surface area contributed by atoms with Gasteiger partial charge in [0.05, 0.1) is 23.9 Å². The van der Waals surface area contributed by atoms with E-state index in [0.717, 1.165) is 16.3 Å². The normalized spacial score (nSPS) is 17.2. The lowest BCUT2D eigenvalue weighted by molar-refractivity contribution is -0.132. The second kappa shape index (κ2) is 9.06. The highest BCUT2D eigenvalue weighted by Gasteiger charge is 2.47. The summed E-state index contributed by atoms with van der Waals surface area (Å²) in [6, 6.07) is 21.3. The summed E-state index contributed by atoms with van der Waals surface area (Å²) < 4.78 is 5.61. The highest BCUT2D eigenvalue weighted by molar-refractivity contribution is 6.52. The van der Waals surface area contributed by atoms with E-state index in [1.165, 1.54) is 4.90 Å². The average Bonchev–Trinajstić information content (AvgIpc) is 3.15. The number of hydrogen-bond acceptors (Lipinski definition) is 5. The van der Waals surface area contributed by atoms with E-state index < -0.39 is 17.7 Å². The van der Waals surface area contributed by atoms with Gasteiger partial charge in [-0.15, -0.1) is 0 Å². The van der Waals surface area contributed by atoms with Gasteiger partial charge in [-0.1, -0.05) is 36.4 Å². The minimum absolute atomic E-state index is 0.0395. The predicted octanol–water partition coefficient (Wildman–Crippen LogP) is 5.57. The number of fused-ring (bicyclic) bond motifs is 1. The third-order valence-electron chi connectivity index (χ3n) is 6.24. The standard InChI is InChI=1S/C29H24N2O4/c1-3-35-24-12-11-21(17-18(24)2)27(32)25-26(20-13-15-30-16-14-20)31(29(34)28(25)33)23-10-6-8-19-7-4-5-9-22(19)23/h4-17,26,32H,3H2,1-2H3/b27-25+. The molecule has 6 nitrogen and oxygen atoms in total. The fourth-order valence-corrected chi connectivity index (χ4v) is 4.63. The van der Waals surface area contributed by atoms with Crippen LogP contribution in [0.1, 0.15) is 29.7 Å². The first-order chi connectivity index (χ1) is 17.0. The highest BCUT2D eigenvalue weighted by atomic mass is 16.5. The van der Waals surface area contributed by atoms with Crippen molar-refractivity contribution in [3.8, 4) is 5.75 Å². The van der Waals surface area contributed by atoms with E-state index in [0.29, 0.717) is 29.2 Å². The van der Waals surface area contributed by atoms with E-state index in [-0.39, 0.29) is 11.3 Å². The molecule has 1 atom stereocenters. The molecule has 1 unspecified atom stereocenters. The molecule has 3 aromatic carbocycles. The Labute approximate surface area is 203 Å². The average molecular weight is 465 g/mol. The van der Waals surface area contributed by atoms with Gasteiger partial charge in [0, 0.05) is 23.3 Å². The first kappa shape index (κ1) is 22.3. The van der Waals surface area contributed by atoms with Crippen LogP contribution in [0.15, 0.2) is 90.8 Å². The van der Waals surface area contributed by atoms with Gasteiger partial charge in [0.15, 0.2) is 0 Å². The molecule has 1 aliphatic rings. The molecule has 1 fully saturated rings. The second-order valence-corrected chi connectivity index (χ2v) is 8.36. The maximum absolute atomic E-state index is 13.5. The van der Waals surface area contributed by atoms with Gasteiger partial charge in [0.2, 0.25) is 0 Å². The Bertz CT molecular complexity index is 1470. The fraction of sp³-hybridized carbons (Fsp3) is 0.138. The number of benzene rings is 3. The molecule has 1 aromatic heterocycles. The highest BCUT2D eigenvalue weighted by Crippen LogP contribution is 2.44. The number of rotatable bonds is 5. The van der Waals surface area contributed by atoms with Gasteiger partial charge in [-0.2, -0.15) is 0 Å². The molecular formula is C29H24N2O4. The number of aliphatic hydroxyl groups is 1. The minimum Gasteiger partial charge on any atom is -0.507 e. The molecule has 1 saturated heterocycles. The summed E-state index contributed by atoms with van der Waals surface area (Å²) in [6.45, 7) is 4.29. The molecule has 35 heavy (non-hydrogen) atoms. The molecule has 174 valence electrons. The molecule has 0 bridgehead atoms. The Balaban J connectivity index is 1.73. The molecule has 1 amide bonds. The van der Waals surface area contributed by atoms with Crippen molar-refractivity contribution in [1.29, 1.82) is 0 Å². The zero-order chi connectivity index (χ0) is 24.5. The Morgan fingerprint density at radius 3 is 2.49 bits per heavy atom. The minimum atomic E-state index is -0.810. The molecule has 2 heterocycles. The summed E-state index contributed by atoms with van der Waals surface area (Å²) in [7, 11) is 0. The summed E-state index contributed by atoms with van der Waals surface area (Å²) in [5, 5.41) is 13.2. The number of carbonyl (C=O) groups excluding carboxylic acids is 2. The number of hydrogen-bond donors (Lipinski definition) is 1. The molecule has 0 saturated carbocycles. The fourth-order valence-electron chi connectivity index (χ4n) is 4.63. The van der Waals surface area contributed by atoms with Crippen LogP contribution in [0.2, 0.25) is 0 Å². The molecule has 0 aliphatic carbocycles. The van der Waals surface area contributed by atoms with Gasteiger partial charge >= 0.3 is 0 Å². The number of amides is 1. The number of Topliss-reactive ketones (excluding diaryl/α,β-unsaturated/α-hetero) is 1. The molecule has 0 spiro atoms. The van der Waals surface area contributed by atoms with Gasteiger partial charge in [0.1, 0.15) is 11.5 Å². The third kappa shape index (κ3) is 3.83. The van der Waals surface area contributed by atoms with Crippen LogP contribution in [0.4, 0.5) is 5.69 Å². The van der Waals surface area contributed by atoms with Crippen molar-refractivity contribution in [3.63, 3.8) is 0 Å². The van der Waals surface area contributed by atoms with Crippen molar-refractivity contribution in [2.24, 2.45) is 0 Å². The maximum Gasteiger partial charge on any atom is 0.300 e. The van der Waals surface area contributed by atoms with E-state index in [4.69, 9.17) is 4.74 Å². The van der Waals surface area contributed by atoms with Crippen molar-refractivity contribution >= 4 is 33.9 Å². The summed E-state index contributed by atoms with van der Waals surface area (Å²) in [5.74, 6) is -0.943. The molecule has 0 radical (unpaired) electrons.